The van der Waals surface area contributed by atoms with E-state index < -0.39 is 0 Å². The van der Waals surface area contributed by atoms with Crippen LogP contribution < -0.4 is 10.1 Å². The number of nitrogens with one attached hydrogen (secondary N) is 1. The molecule has 0 atom stereocenters. The smallest absolute Gasteiger partial charge is 0.255 e. The summed E-state index contributed by atoms with van der Waals surface area (Å²) in [6.07, 6.45) is 0. The lowest BCUT2D eigenvalue weighted by Crippen LogP contribution is -2.31. The highest BCUT2D eigenvalue weighted by Gasteiger charge is 2.19. The summed E-state index contributed by atoms with van der Waals surface area (Å²) in [5, 5.41) is 2.92. The summed E-state index contributed by atoms with van der Waals surface area (Å²) in [5.74, 6) is 0.523. The lowest BCUT2D eigenvalue weighted by atomic mass is 9.86. The van der Waals surface area contributed by atoms with E-state index in [0.29, 0.717) is 17.9 Å². The van der Waals surface area contributed by atoms with E-state index in [1.54, 1.807) is 7.11 Å². The van der Waals surface area contributed by atoms with Crippen molar-refractivity contribution < 1.29 is 9.53 Å². The van der Waals surface area contributed by atoms with Crippen LogP contribution in [0.4, 0.5) is 0 Å². The van der Waals surface area contributed by atoms with E-state index >= 15 is 0 Å². The van der Waals surface area contributed by atoms with Crippen molar-refractivity contribution in [1.82, 2.24) is 10.2 Å². The van der Waals surface area contributed by atoms with E-state index in [4.69, 9.17) is 4.74 Å². The summed E-state index contributed by atoms with van der Waals surface area (Å²) in [6, 6.07) is 5.79. The van der Waals surface area contributed by atoms with Gasteiger partial charge in [-0.05, 0) is 37.2 Å². The first-order chi connectivity index (χ1) is 9.25. The third kappa shape index (κ3) is 4.53. The maximum atomic E-state index is 12.3. The van der Waals surface area contributed by atoms with Crippen molar-refractivity contribution in [1.29, 1.82) is 0 Å². The molecule has 1 aromatic rings. The maximum Gasteiger partial charge on any atom is 0.255 e. The van der Waals surface area contributed by atoms with Gasteiger partial charge in [0.05, 0.1) is 12.7 Å². The fraction of sp³-hybridized carbons (Fsp3) is 0.562. The molecule has 4 heteroatoms. The van der Waals surface area contributed by atoms with Gasteiger partial charge >= 0.3 is 0 Å². The van der Waals surface area contributed by atoms with E-state index in [9.17, 15) is 4.79 Å². The Kier molecular flexibility index (Phi) is 5.57. The molecular formula is C16H26N2O2. The van der Waals surface area contributed by atoms with Crippen molar-refractivity contribution >= 4 is 5.91 Å². The van der Waals surface area contributed by atoms with E-state index in [2.05, 4.69) is 26.1 Å². The molecule has 4 nitrogen and oxygen atoms in total. The molecule has 0 aliphatic rings. The number of amides is 1. The van der Waals surface area contributed by atoms with Gasteiger partial charge < -0.3 is 15.0 Å². The van der Waals surface area contributed by atoms with Crippen molar-refractivity contribution in [2.45, 2.75) is 26.2 Å². The van der Waals surface area contributed by atoms with Crippen molar-refractivity contribution in [2.75, 3.05) is 34.3 Å². The van der Waals surface area contributed by atoms with Gasteiger partial charge in [-0.25, -0.2) is 0 Å². The summed E-state index contributed by atoms with van der Waals surface area (Å²) in [6.45, 7) is 7.81. The van der Waals surface area contributed by atoms with Crippen LogP contribution in [0, 0.1) is 0 Å². The van der Waals surface area contributed by atoms with Gasteiger partial charge in [0.15, 0.2) is 0 Å². The number of benzene rings is 1. The molecule has 0 saturated carbocycles. The van der Waals surface area contributed by atoms with Gasteiger partial charge in [0.2, 0.25) is 0 Å². The minimum Gasteiger partial charge on any atom is -0.496 e. The van der Waals surface area contributed by atoms with Crippen molar-refractivity contribution in [3.63, 3.8) is 0 Å². The molecule has 1 amide bonds. The number of hydrogen-bond acceptors (Lipinski definition) is 3. The van der Waals surface area contributed by atoms with E-state index in [1.165, 1.54) is 0 Å². The van der Waals surface area contributed by atoms with Crippen LogP contribution in [0.15, 0.2) is 18.2 Å². The second kappa shape index (κ2) is 6.75. The average Bonchev–Trinajstić information content (AvgIpc) is 2.36. The first kappa shape index (κ1) is 16.5. The van der Waals surface area contributed by atoms with Crippen LogP contribution in [-0.2, 0) is 5.41 Å². The number of hydrogen-bond donors (Lipinski definition) is 1. The van der Waals surface area contributed by atoms with Gasteiger partial charge in [0, 0.05) is 13.1 Å². The van der Waals surface area contributed by atoms with Crippen molar-refractivity contribution in [3.05, 3.63) is 29.3 Å². The lowest BCUT2D eigenvalue weighted by Gasteiger charge is -2.21. The highest BCUT2D eigenvalue weighted by molar-refractivity contribution is 5.97. The molecule has 0 aliphatic carbocycles. The lowest BCUT2D eigenvalue weighted by molar-refractivity contribution is 0.0948. The highest BCUT2D eigenvalue weighted by Crippen LogP contribution is 2.27. The number of likely N-dealkylation sites (N-methyl/N-ethyl adjacent to an activating group) is 1. The molecule has 1 N–H and O–H groups in total. The fourth-order valence-electron chi connectivity index (χ4n) is 1.84. The van der Waals surface area contributed by atoms with Gasteiger partial charge in [-0.15, -0.1) is 0 Å². The molecule has 0 spiro atoms. The van der Waals surface area contributed by atoms with E-state index in [-0.39, 0.29) is 11.3 Å². The predicted molar refractivity (Wildman–Crippen MR) is 82.6 cm³/mol. The van der Waals surface area contributed by atoms with Crippen LogP contribution in [0.5, 0.6) is 5.75 Å². The van der Waals surface area contributed by atoms with Crippen molar-refractivity contribution in [2.24, 2.45) is 0 Å². The predicted octanol–water partition coefficient (Wildman–Crippen LogP) is 2.28. The molecule has 0 fully saturated rings. The first-order valence-electron chi connectivity index (χ1n) is 6.87. The zero-order chi connectivity index (χ0) is 15.3. The Balaban J connectivity index is 2.93. The van der Waals surface area contributed by atoms with Crippen molar-refractivity contribution in [3.8, 4) is 5.75 Å². The Hall–Kier alpha value is -1.55. The third-order valence-electron chi connectivity index (χ3n) is 3.15. The first-order valence-corrected chi connectivity index (χ1v) is 6.87. The van der Waals surface area contributed by atoms with Crippen LogP contribution in [0.1, 0.15) is 36.7 Å². The normalized spacial score (nSPS) is 11.6. The fourth-order valence-corrected chi connectivity index (χ4v) is 1.84. The summed E-state index contributed by atoms with van der Waals surface area (Å²) in [5.41, 5.74) is 1.72. The number of ether oxygens (including phenoxy) is 1. The van der Waals surface area contributed by atoms with Crippen LogP contribution in [-0.4, -0.2) is 45.1 Å². The summed E-state index contributed by atoms with van der Waals surface area (Å²) in [4.78, 5) is 14.3. The van der Waals surface area contributed by atoms with Crippen LogP contribution in [0.3, 0.4) is 0 Å². The quantitative estimate of drug-likeness (QED) is 0.898. The average molecular weight is 278 g/mol. The Morgan fingerprint density at radius 1 is 1.30 bits per heavy atom. The Labute approximate surface area is 122 Å². The second-order valence-electron chi connectivity index (χ2n) is 6.22. The minimum absolute atomic E-state index is 0.00490. The molecule has 1 rings (SSSR count). The third-order valence-corrected chi connectivity index (χ3v) is 3.15. The van der Waals surface area contributed by atoms with Crippen LogP contribution >= 0.6 is 0 Å². The molecule has 0 bridgehead atoms. The standard InChI is InChI=1S/C16H26N2O2/c1-16(2,3)12-7-8-14(20-6)13(11-12)15(19)17-9-10-18(4)5/h7-8,11H,9-10H2,1-6H3,(H,17,19). The topological polar surface area (TPSA) is 41.6 Å². The molecule has 0 aliphatic heterocycles. The van der Waals surface area contributed by atoms with Crippen LogP contribution in [0.2, 0.25) is 0 Å². The molecule has 20 heavy (non-hydrogen) atoms. The molecule has 0 saturated heterocycles. The van der Waals surface area contributed by atoms with Crippen LogP contribution in [0.25, 0.3) is 0 Å². The number of nitrogens with zero attached hydrogens (tertiary/aromatic N) is 1. The Morgan fingerprint density at radius 2 is 1.95 bits per heavy atom. The van der Waals surface area contributed by atoms with Gasteiger partial charge in [-0.1, -0.05) is 26.8 Å². The summed E-state index contributed by atoms with van der Waals surface area (Å²) in [7, 11) is 5.54. The highest BCUT2D eigenvalue weighted by atomic mass is 16.5. The summed E-state index contributed by atoms with van der Waals surface area (Å²) >= 11 is 0. The largest absolute Gasteiger partial charge is 0.496 e. The van der Waals surface area contributed by atoms with Gasteiger partial charge in [0.1, 0.15) is 5.75 Å². The monoisotopic (exact) mass is 278 g/mol. The zero-order valence-corrected chi connectivity index (χ0v) is 13.4. The Bertz CT molecular complexity index is 462. The van der Waals surface area contributed by atoms with E-state index in [0.717, 1.165) is 12.1 Å². The zero-order valence-electron chi connectivity index (χ0n) is 13.4. The molecule has 0 aromatic heterocycles. The number of carbonyl (C=O) groups excluding carboxylic acids is 1. The number of carbonyl (C=O) groups is 1. The number of rotatable bonds is 5. The molecule has 0 unspecified atom stereocenters. The molecular weight excluding hydrogens is 252 g/mol. The van der Waals surface area contributed by atoms with E-state index in [1.807, 2.05) is 37.2 Å². The summed E-state index contributed by atoms with van der Waals surface area (Å²) < 4.78 is 5.29. The Morgan fingerprint density at radius 3 is 2.45 bits per heavy atom. The van der Waals surface area contributed by atoms with Gasteiger partial charge in [-0.2, -0.15) is 0 Å². The maximum absolute atomic E-state index is 12.3. The van der Waals surface area contributed by atoms with Gasteiger partial charge in [0.25, 0.3) is 5.91 Å². The molecule has 1 aromatic carbocycles. The SMILES string of the molecule is COc1ccc(C(C)(C)C)cc1C(=O)NCCN(C)C. The minimum atomic E-state index is -0.0881. The molecule has 0 heterocycles. The number of methoxy groups -OCH3 is 1. The molecule has 112 valence electrons. The molecule has 0 radical (unpaired) electrons. The van der Waals surface area contributed by atoms with Gasteiger partial charge in [-0.3, -0.25) is 4.79 Å². The second-order valence-corrected chi connectivity index (χ2v) is 6.22.